The molecule has 0 saturated carbocycles. The Labute approximate surface area is 125 Å². The van der Waals surface area contributed by atoms with Crippen molar-refractivity contribution in [2.24, 2.45) is 0 Å². The molecule has 0 aromatic rings. The molecule has 2 heterocycles. The molecule has 2 fully saturated rings. The van der Waals surface area contributed by atoms with E-state index in [1.165, 1.54) is 0 Å². The molecular formula is C14H25N3O4. The number of ether oxygens (including phenoxy) is 1. The van der Waals surface area contributed by atoms with Gasteiger partial charge in [0, 0.05) is 45.7 Å². The van der Waals surface area contributed by atoms with Crippen molar-refractivity contribution in [1.82, 2.24) is 15.1 Å². The first kappa shape index (κ1) is 16.0. The summed E-state index contributed by atoms with van der Waals surface area (Å²) >= 11 is 0. The minimum absolute atomic E-state index is 0.134. The van der Waals surface area contributed by atoms with Gasteiger partial charge >= 0.3 is 12.0 Å². The van der Waals surface area contributed by atoms with E-state index >= 15 is 0 Å². The Kier molecular flexibility index (Phi) is 5.05. The van der Waals surface area contributed by atoms with Crippen LogP contribution in [0.15, 0.2) is 0 Å². The summed E-state index contributed by atoms with van der Waals surface area (Å²) < 4.78 is 5.21. The van der Waals surface area contributed by atoms with Crippen molar-refractivity contribution >= 4 is 12.0 Å². The predicted octanol–water partition coefficient (Wildman–Crippen LogP) is 0.356. The summed E-state index contributed by atoms with van der Waals surface area (Å²) in [7, 11) is 3.78. The van der Waals surface area contributed by atoms with Gasteiger partial charge in [-0.15, -0.1) is 0 Å². The molecular weight excluding hydrogens is 274 g/mol. The average Bonchev–Trinajstić information content (AvgIpc) is 2.47. The molecule has 0 aromatic carbocycles. The molecule has 7 nitrogen and oxygen atoms in total. The lowest BCUT2D eigenvalue weighted by molar-refractivity contribution is -0.148. The van der Waals surface area contributed by atoms with E-state index in [-0.39, 0.29) is 12.1 Å². The van der Waals surface area contributed by atoms with Crippen molar-refractivity contribution in [3.8, 4) is 0 Å². The molecule has 7 heteroatoms. The monoisotopic (exact) mass is 299 g/mol. The number of nitrogens with zero attached hydrogens (tertiary/aromatic N) is 2. The SMILES string of the molecule is CN1CCCC(N(C)C(=O)NC2(C(=O)O)CCOCC2)C1. The Morgan fingerprint density at radius 1 is 1.38 bits per heavy atom. The maximum Gasteiger partial charge on any atom is 0.329 e. The zero-order valence-electron chi connectivity index (χ0n) is 12.8. The number of carbonyl (C=O) groups is 2. The fourth-order valence-electron chi connectivity index (χ4n) is 3.03. The standard InChI is InChI=1S/C14H25N3O4/c1-16-7-3-4-11(10-16)17(2)13(20)15-14(12(18)19)5-8-21-9-6-14/h11H,3-10H2,1-2H3,(H,15,20)(H,18,19). The average molecular weight is 299 g/mol. The molecule has 0 aliphatic carbocycles. The second-order valence-electron chi connectivity index (χ2n) is 6.10. The first-order chi connectivity index (χ1) is 9.94. The van der Waals surface area contributed by atoms with Gasteiger partial charge in [0.25, 0.3) is 0 Å². The van der Waals surface area contributed by atoms with Gasteiger partial charge in [-0.3, -0.25) is 0 Å². The van der Waals surface area contributed by atoms with Gasteiger partial charge in [0.05, 0.1) is 0 Å². The van der Waals surface area contributed by atoms with E-state index in [0.29, 0.717) is 26.1 Å². The first-order valence-corrected chi connectivity index (χ1v) is 7.49. The third-order valence-electron chi connectivity index (χ3n) is 4.57. The van der Waals surface area contributed by atoms with Crippen LogP contribution in [0.4, 0.5) is 4.79 Å². The highest BCUT2D eigenvalue weighted by Crippen LogP contribution is 2.22. The van der Waals surface area contributed by atoms with Crippen LogP contribution < -0.4 is 5.32 Å². The fourth-order valence-corrected chi connectivity index (χ4v) is 3.03. The first-order valence-electron chi connectivity index (χ1n) is 7.49. The van der Waals surface area contributed by atoms with Crippen LogP contribution in [0.5, 0.6) is 0 Å². The van der Waals surface area contributed by atoms with Crippen LogP contribution >= 0.6 is 0 Å². The third-order valence-corrected chi connectivity index (χ3v) is 4.57. The number of amides is 2. The normalized spacial score (nSPS) is 26.1. The van der Waals surface area contributed by atoms with E-state index in [0.717, 1.165) is 25.9 Å². The maximum atomic E-state index is 12.4. The molecule has 120 valence electrons. The summed E-state index contributed by atoms with van der Waals surface area (Å²) in [4.78, 5) is 27.8. The molecule has 0 bridgehead atoms. The number of carboxylic acid groups (broad SMARTS) is 1. The van der Waals surface area contributed by atoms with Crippen molar-refractivity contribution in [2.75, 3.05) is 40.4 Å². The number of likely N-dealkylation sites (tertiary alicyclic amines) is 1. The van der Waals surface area contributed by atoms with E-state index in [1.807, 2.05) is 7.05 Å². The molecule has 2 saturated heterocycles. The largest absolute Gasteiger partial charge is 0.480 e. The van der Waals surface area contributed by atoms with Crippen LogP contribution in [0.25, 0.3) is 0 Å². The predicted molar refractivity (Wildman–Crippen MR) is 77.2 cm³/mol. The lowest BCUT2D eigenvalue weighted by Crippen LogP contribution is -2.61. The van der Waals surface area contributed by atoms with Crippen LogP contribution in [0.3, 0.4) is 0 Å². The van der Waals surface area contributed by atoms with Crippen LogP contribution in [0.2, 0.25) is 0 Å². The number of nitrogens with one attached hydrogen (secondary N) is 1. The molecule has 21 heavy (non-hydrogen) atoms. The number of carbonyl (C=O) groups excluding carboxylic acids is 1. The molecule has 0 radical (unpaired) electrons. The van der Waals surface area contributed by atoms with Crippen LogP contribution in [-0.4, -0.2) is 78.9 Å². The number of urea groups is 1. The summed E-state index contributed by atoms with van der Waals surface area (Å²) in [5.74, 6) is -0.978. The van der Waals surface area contributed by atoms with Gasteiger partial charge in [0.2, 0.25) is 0 Å². The number of likely N-dealkylation sites (N-methyl/N-ethyl adjacent to an activating group) is 2. The van der Waals surface area contributed by atoms with Gasteiger partial charge in [-0.25, -0.2) is 9.59 Å². The summed E-state index contributed by atoms with van der Waals surface area (Å²) in [5, 5.41) is 12.2. The van der Waals surface area contributed by atoms with Crippen molar-refractivity contribution in [2.45, 2.75) is 37.3 Å². The smallest absolute Gasteiger partial charge is 0.329 e. The molecule has 2 aliphatic rings. The molecule has 2 amide bonds. The highest BCUT2D eigenvalue weighted by atomic mass is 16.5. The molecule has 2 N–H and O–H groups in total. The molecule has 2 rings (SSSR count). The summed E-state index contributed by atoms with van der Waals surface area (Å²) in [6, 6.07) is -0.172. The number of aliphatic carboxylic acids is 1. The Hall–Kier alpha value is -1.34. The highest BCUT2D eigenvalue weighted by Gasteiger charge is 2.42. The Morgan fingerprint density at radius 3 is 2.62 bits per heavy atom. The van der Waals surface area contributed by atoms with Gasteiger partial charge in [0.1, 0.15) is 5.54 Å². The number of hydrogen-bond acceptors (Lipinski definition) is 4. The molecule has 0 aromatic heterocycles. The fraction of sp³-hybridized carbons (Fsp3) is 0.857. The van der Waals surface area contributed by atoms with Crippen molar-refractivity contribution < 1.29 is 19.4 Å². The Bertz CT molecular complexity index is 396. The van der Waals surface area contributed by atoms with E-state index in [9.17, 15) is 14.7 Å². The van der Waals surface area contributed by atoms with Crippen molar-refractivity contribution in [1.29, 1.82) is 0 Å². The van der Waals surface area contributed by atoms with Crippen LogP contribution in [0, 0.1) is 0 Å². The van der Waals surface area contributed by atoms with Gasteiger partial charge < -0.3 is 25.0 Å². The minimum Gasteiger partial charge on any atom is -0.480 e. The Balaban J connectivity index is 1.99. The molecule has 0 spiro atoms. The Morgan fingerprint density at radius 2 is 2.05 bits per heavy atom. The van der Waals surface area contributed by atoms with Gasteiger partial charge in [0.15, 0.2) is 0 Å². The molecule has 2 aliphatic heterocycles. The van der Waals surface area contributed by atoms with E-state index in [4.69, 9.17) is 4.74 Å². The van der Waals surface area contributed by atoms with E-state index < -0.39 is 11.5 Å². The number of hydrogen-bond donors (Lipinski definition) is 2. The second-order valence-corrected chi connectivity index (χ2v) is 6.10. The third kappa shape index (κ3) is 3.65. The lowest BCUT2D eigenvalue weighted by atomic mass is 9.90. The second kappa shape index (κ2) is 6.62. The number of carboxylic acids is 1. The summed E-state index contributed by atoms with van der Waals surface area (Å²) in [6.07, 6.45) is 2.63. The quantitative estimate of drug-likeness (QED) is 0.786. The lowest BCUT2D eigenvalue weighted by Gasteiger charge is -2.39. The van der Waals surface area contributed by atoms with Crippen molar-refractivity contribution in [3.05, 3.63) is 0 Å². The zero-order valence-corrected chi connectivity index (χ0v) is 12.8. The maximum absolute atomic E-state index is 12.4. The topological polar surface area (TPSA) is 82.1 Å². The van der Waals surface area contributed by atoms with Gasteiger partial charge in [-0.1, -0.05) is 0 Å². The van der Waals surface area contributed by atoms with Gasteiger partial charge in [-0.2, -0.15) is 0 Å². The summed E-state index contributed by atoms with van der Waals surface area (Å²) in [6.45, 7) is 2.60. The zero-order chi connectivity index (χ0) is 15.5. The van der Waals surface area contributed by atoms with E-state index in [1.54, 1.807) is 11.9 Å². The highest BCUT2D eigenvalue weighted by molar-refractivity contribution is 5.86. The minimum atomic E-state index is -1.19. The van der Waals surface area contributed by atoms with Crippen LogP contribution in [0.1, 0.15) is 25.7 Å². The van der Waals surface area contributed by atoms with Gasteiger partial charge in [-0.05, 0) is 26.4 Å². The summed E-state index contributed by atoms with van der Waals surface area (Å²) in [5.41, 5.74) is -1.19. The number of piperidine rings is 1. The van der Waals surface area contributed by atoms with Crippen LogP contribution in [-0.2, 0) is 9.53 Å². The number of rotatable bonds is 3. The molecule has 1 unspecified atom stereocenters. The van der Waals surface area contributed by atoms with Crippen molar-refractivity contribution in [3.63, 3.8) is 0 Å². The van der Waals surface area contributed by atoms with E-state index in [2.05, 4.69) is 10.2 Å². The molecule has 1 atom stereocenters.